The highest BCUT2D eigenvalue weighted by molar-refractivity contribution is 5.99. The van der Waals surface area contributed by atoms with Gasteiger partial charge in [-0.2, -0.15) is 0 Å². The van der Waals surface area contributed by atoms with Crippen LogP contribution in [0, 0.1) is 0 Å². The zero-order valence-electron chi connectivity index (χ0n) is 15.8. The predicted octanol–water partition coefficient (Wildman–Crippen LogP) is 3.97. The molecule has 0 unspecified atom stereocenters. The van der Waals surface area contributed by atoms with Crippen LogP contribution in [-0.4, -0.2) is 26.2 Å². The van der Waals surface area contributed by atoms with Crippen molar-refractivity contribution in [1.29, 1.82) is 0 Å². The van der Waals surface area contributed by atoms with E-state index in [2.05, 4.69) is 12.2 Å². The van der Waals surface area contributed by atoms with Gasteiger partial charge < -0.3 is 19.5 Å². The molecule has 27 heavy (non-hydrogen) atoms. The number of nitrogens with one attached hydrogen (secondary N) is 1. The largest absolute Gasteiger partial charge is 0.493 e. The molecule has 0 saturated carbocycles. The molecule has 5 heteroatoms. The van der Waals surface area contributed by atoms with Crippen LogP contribution in [0.25, 0.3) is 6.08 Å². The van der Waals surface area contributed by atoms with Crippen molar-refractivity contribution in [2.24, 2.45) is 0 Å². The first-order chi connectivity index (χ1) is 13.2. The van der Waals surface area contributed by atoms with Crippen LogP contribution in [0.2, 0.25) is 0 Å². The summed E-state index contributed by atoms with van der Waals surface area (Å²) < 4.78 is 16.8. The smallest absolute Gasteiger partial charge is 0.250 e. The van der Waals surface area contributed by atoms with E-state index in [0.29, 0.717) is 24.5 Å². The molecule has 1 aliphatic rings. The highest BCUT2D eigenvalue weighted by atomic mass is 16.5. The van der Waals surface area contributed by atoms with Crippen molar-refractivity contribution in [2.75, 3.05) is 20.3 Å². The number of para-hydroxylation sites is 1. The maximum absolute atomic E-state index is 12.5. The van der Waals surface area contributed by atoms with E-state index >= 15 is 0 Å². The van der Waals surface area contributed by atoms with Crippen molar-refractivity contribution in [2.45, 2.75) is 26.3 Å². The zero-order chi connectivity index (χ0) is 19.1. The summed E-state index contributed by atoms with van der Waals surface area (Å²) in [6.07, 6.45) is 3.96. The predicted molar refractivity (Wildman–Crippen MR) is 105 cm³/mol. The summed E-state index contributed by atoms with van der Waals surface area (Å²) in [5, 5.41) is 2.94. The average Bonchev–Trinajstić information content (AvgIpc) is 2.72. The first-order valence-electron chi connectivity index (χ1n) is 9.21. The molecule has 5 nitrogen and oxygen atoms in total. The van der Waals surface area contributed by atoms with Crippen LogP contribution in [0.4, 0.5) is 0 Å². The number of benzene rings is 2. The van der Waals surface area contributed by atoms with Gasteiger partial charge in [-0.15, -0.1) is 0 Å². The lowest BCUT2D eigenvalue weighted by molar-refractivity contribution is -0.117. The number of methoxy groups -OCH3 is 1. The lowest BCUT2D eigenvalue weighted by Gasteiger charge is -2.17. The Morgan fingerprint density at radius 2 is 2.04 bits per heavy atom. The molecule has 0 spiro atoms. The third-order valence-corrected chi connectivity index (χ3v) is 4.36. The van der Waals surface area contributed by atoms with Gasteiger partial charge in [-0.25, -0.2) is 0 Å². The molecule has 1 amide bonds. The quantitative estimate of drug-likeness (QED) is 0.718. The molecule has 2 aromatic carbocycles. The standard InChI is InChI=1S/C22H25NO4/c1-3-4-11-26-20-10-9-16(12-21(20)25-2)14-23-22(24)18-13-17-7-5-6-8-19(17)27-15-18/h5-10,12-13H,3-4,11,14-15H2,1-2H3,(H,23,24). The Morgan fingerprint density at radius 1 is 1.19 bits per heavy atom. The molecule has 0 atom stereocenters. The molecule has 0 fully saturated rings. The van der Waals surface area contributed by atoms with Crippen LogP contribution in [0.5, 0.6) is 17.2 Å². The highest BCUT2D eigenvalue weighted by Gasteiger charge is 2.17. The van der Waals surface area contributed by atoms with Gasteiger partial charge in [0.2, 0.25) is 0 Å². The average molecular weight is 367 g/mol. The van der Waals surface area contributed by atoms with Gasteiger partial charge in [0.05, 0.1) is 19.3 Å². The van der Waals surface area contributed by atoms with Crippen LogP contribution in [-0.2, 0) is 11.3 Å². The molecule has 142 valence electrons. The maximum Gasteiger partial charge on any atom is 0.250 e. The molecule has 0 aliphatic carbocycles. The van der Waals surface area contributed by atoms with E-state index in [1.165, 1.54) is 0 Å². The van der Waals surface area contributed by atoms with Gasteiger partial charge in [-0.1, -0.05) is 37.6 Å². The van der Waals surface area contributed by atoms with Crippen LogP contribution in [0.15, 0.2) is 48.0 Å². The number of unbranched alkanes of at least 4 members (excludes halogenated alkanes) is 1. The second-order valence-corrected chi connectivity index (χ2v) is 6.37. The molecular weight excluding hydrogens is 342 g/mol. The number of hydrogen-bond acceptors (Lipinski definition) is 4. The van der Waals surface area contributed by atoms with Gasteiger partial charge in [0.15, 0.2) is 11.5 Å². The third-order valence-electron chi connectivity index (χ3n) is 4.36. The fourth-order valence-electron chi connectivity index (χ4n) is 2.81. The molecular formula is C22H25NO4. The first-order valence-corrected chi connectivity index (χ1v) is 9.21. The van der Waals surface area contributed by atoms with Gasteiger partial charge in [0, 0.05) is 12.1 Å². The Bertz CT molecular complexity index is 829. The van der Waals surface area contributed by atoms with E-state index in [0.717, 1.165) is 35.5 Å². The molecule has 2 aromatic rings. The first kappa shape index (κ1) is 18.8. The molecule has 1 heterocycles. The van der Waals surface area contributed by atoms with Gasteiger partial charge in [0.25, 0.3) is 5.91 Å². The molecule has 1 aliphatic heterocycles. The summed E-state index contributed by atoms with van der Waals surface area (Å²) in [5.74, 6) is 2.07. The number of fused-ring (bicyclic) bond motifs is 1. The molecule has 0 saturated heterocycles. The van der Waals surface area contributed by atoms with E-state index in [1.807, 2.05) is 48.5 Å². The van der Waals surface area contributed by atoms with Gasteiger partial charge in [0.1, 0.15) is 12.4 Å². The molecule has 0 bridgehead atoms. The molecule has 0 radical (unpaired) electrons. The second kappa shape index (κ2) is 9.12. The van der Waals surface area contributed by atoms with E-state index in [1.54, 1.807) is 7.11 Å². The van der Waals surface area contributed by atoms with Crippen LogP contribution in [0.3, 0.4) is 0 Å². The third kappa shape index (κ3) is 4.82. The van der Waals surface area contributed by atoms with Gasteiger partial charge >= 0.3 is 0 Å². The number of carbonyl (C=O) groups is 1. The highest BCUT2D eigenvalue weighted by Crippen LogP contribution is 2.29. The Labute approximate surface area is 159 Å². The zero-order valence-corrected chi connectivity index (χ0v) is 15.8. The minimum atomic E-state index is -0.133. The molecule has 0 aromatic heterocycles. The Balaban J connectivity index is 1.61. The summed E-state index contributed by atoms with van der Waals surface area (Å²) in [6, 6.07) is 13.4. The number of hydrogen-bond donors (Lipinski definition) is 1. The van der Waals surface area contributed by atoms with Gasteiger partial charge in [-0.05, 0) is 36.3 Å². The van der Waals surface area contributed by atoms with Crippen molar-refractivity contribution >= 4 is 12.0 Å². The fourth-order valence-corrected chi connectivity index (χ4v) is 2.81. The minimum absolute atomic E-state index is 0.133. The van der Waals surface area contributed by atoms with Crippen molar-refractivity contribution in [3.05, 3.63) is 59.2 Å². The molecule has 3 rings (SSSR count). The van der Waals surface area contributed by atoms with Crippen LogP contribution >= 0.6 is 0 Å². The minimum Gasteiger partial charge on any atom is -0.493 e. The molecule has 1 N–H and O–H groups in total. The Morgan fingerprint density at radius 3 is 2.85 bits per heavy atom. The van der Waals surface area contributed by atoms with E-state index in [4.69, 9.17) is 14.2 Å². The van der Waals surface area contributed by atoms with Crippen molar-refractivity contribution in [1.82, 2.24) is 5.32 Å². The Kier molecular flexibility index (Phi) is 6.36. The monoisotopic (exact) mass is 367 g/mol. The number of carbonyl (C=O) groups excluding carboxylic acids is 1. The summed E-state index contributed by atoms with van der Waals surface area (Å²) in [6.45, 7) is 3.47. The lowest BCUT2D eigenvalue weighted by Crippen LogP contribution is -2.28. The van der Waals surface area contributed by atoms with E-state index < -0.39 is 0 Å². The fraction of sp³-hybridized carbons (Fsp3) is 0.318. The summed E-state index contributed by atoms with van der Waals surface area (Å²) in [7, 11) is 1.62. The number of rotatable bonds is 8. The second-order valence-electron chi connectivity index (χ2n) is 6.37. The van der Waals surface area contributed by atoms with E-state index in [9.17, 15) is 4.79 Å². The SMILES string of the molecule is CCCCOc1ccc(CNC(=O)C2=Cc3ccccc3OC2)cc1OC. The maximum atomic E-state index is 12.5. The van der Waals surface area contributed by atoms with Crippen molar-refractivity contribution in [3.63, 3.8) is 0 Å². The number of amides is 1. The van der Waals surface area contributed by atoms with E-state index in [-0.39, 0.29) is 12.5 Å². The van der Waals surface area contributed by atoms with Crippen molar-refractivity contribution in [3.8, 4) is 17.2 Å². The Hall–Kier alpha value is -2.95. The van der Waals surface area contributed by atoms with Crippen LogP contribution < -0.4 is 19.5 Å². The van der Waals surface area contributed by atoms with Gasteiger partial charge in [-0.3, -0.25) is 4.79 Å². The summed E-state index contributed by atoms with van der Waals surface area (Å²) in [5.41, 5.74) is 2.48. The van der Waals surface area contributed by atoms with Crippen molar-refractivity contribution < 1.29 is 19.0 Å². The summed E-state index contributed by atoms with van der Waals surface area (Å²) >= 11 is 0. The topological polar surface area (TPSA) is 56.8 Å². The van der Waals surface area contributed by atoms with Crippen LogP contribution in [0.1, 0.15) is 30.9 Å². The summed E-state index contributed by atoms with van der Waals surface area (Å²) in [4.78, 5) is 12.5. The lowest BCUT2D eigenvalue weighted by atomic mass is 10.1. The normalized spacial score (nSPS) is 12.4. The number of ether oxygens (including phenoxy) is 3.